The van der Waals surface area contributed by atoms with Gasteiger partial charge in [-0.25, -0.2) is 0 Å². The largest absolute Gasteiger partial charge is 0.494 e. The molecule has 0 radical (unpaired) electrons. The fourth-order valence-corrected chi connectivity index (χ4v) is 2.40. The predicted molar refractivity (Wildman–Crippen MR) is 98.4 cm³/mol. The molecule has 1 aromatic heterocycles. The van der Waals surface area contributed by atoms with Crippen molar-refractivity contribution in [1.29, 1.82) is 0 Å². The molecule has 0 aliphatic carbocycles. The predicted octanol–water partition coefficient (Wildman–Crippen LogP) is 3.40. The zero-order chi connectivity index (χ0) is 19.2. The molecule has 0 fully saturated rings. The summed E-state index contributed by atoms with van der Waals surface area (Å²) in [6, 6.07) is 12.1. The third-order valence-electron chi connectivity index (χ3n) is 3.70. The van der Waals surface area contributed by atoms with Gasteiger partial charge in [-0.2, -0.15) is 0 Å². The van der Waals surface area contributed by atoms with E-state index in [2.05, 4.69) is 15.5 Å². The highest BCUT2D eigenvalue weighted by atomic mass is 16.5. The van der Waals surface area contributed by atoms with Crippen molar-refractivity contribution >= 4 is 11.9 Å². The van der Waals surface area contributed by atoms with Crippen LogP contribution in [-0.2, 0) is 0 Å². The molecular weight excluding hydrogens is 350 g/mol. The Labute approximate surface area is 156 Å². The summed E-state index contributed by atoms with van der Waals surface area (Å²) >= 11 is 0. The molecule has 3 rings (SSSR count). The van der Waals surface area contributed by atoms with Crippen LogP contribution in [0.5, 0.6) is 17.2 Å². The number of hydrogen-bond donors (Lipinski definition) is 1. The Kier molecular flexibility index (Phi) is 5.55. The SMILES string of the molecule is CCOc1ccc(-c2nnc(NC(=O)c3ccc(OC)c(OC)c3)o2)cc1. The topological polar surface area (TPSA) is 95.7 Å². The van der Waals surface area contributed by atoms with Crippen molar-refractivity contribution in [3.05, 3.63) is 48.0 Å². The van der Waals surface area contributed by atoms with Crippen LogP contribution in [0.3, 0.4) is 0 Å². The van der Waals surface area contributed by atoms with Gasteiger partial charge in [0, 0.05) is 11.1 Å². The molecule has 0 bridgehead atoms. The van der Waals surface area contributed by atoms with Gasteiger partial charge in [-0.05, 0) is 49.4 Å². The van der Waals surface area contributed by atoms with Gasteiger partial charge in [-0.3, -0.25) is 10.1 Å². The summed E-state index contributed by atoms with van der Waals surface area (Å²) in [5.41, 5.74) is 1.09. The van der Waals surface area contributed by atoms with Crippen LogP contribution in [0.2, 0.25) is 0 Å². The van der Waals surface area contributed by atoms with E-state index in [4.69, 9.17) is 18.6 Å². The summed E-state index contributed by atoms with van der Waals surface area (Å²) in [5, 5.41) is 10.4. The van der Waals surface area contributed by atoms with Crippen LogP contribution in [0.1, 0.15) is 17.3 Å². The minimum absolute atomic E-state index is 0.00123. The molecule has 0 atom stereocenters. The fraction of sp³-hybridized carbons (Fsp3) is 0.211. The van der Waals surface area contributed by atoms with Gasteiger partial charge in [0.05, 0.1) is 20.8 Å². The van der Waals surface area contributed by atoms with E-state index in [0.717, 1.165) is 11.3 Å². The molecule has 8 heteroatoms. The average Bonchev–Trinajstić information content (AvgIpc) is 3.16. The second-order valence-electron chi connectivity index (χ2n) is 5.39. The third-order valence-corrected chi connectivity index (χ3v) is 3.70. The standard InChI is InChI=1S/C19H19N3O5/c1-4-26-14-8-5-12(6-9-14)18-21-22-19(27-18)20-17(23)13-7-10-15(24-2)16(11-13)25-3/h5-11H,4H2,1-3H3,(H,20,22,23). The Hall–Kier alpha value is -3.55. The number of methoxy groups -OCH3 is 2. The first-order chi connectivity index (χ1) is 13.1. The molecule has 2 aromatic carbocycles. The minimum Gasteiger partial charge on any atom is -0.494 e. The van der Waals surface area contributed by atoms with E-state index in [0.29, 0.717) is 29.6 Å². The van der Waals surface area contributed by atoms with Gasteiger partial charge in [0.1, 0.15) is 5.75 Å². The molecule has 0 saturated carbocycles. The quantitative estimate of drug-likeness (QED) is 0.682. The van der Waals surface area contributed by atoms with Crippen molar-refractivity contribution in [1.82, 2.24) is 10.2 Å². The second kappa shape index (κ2) is 8.22. The lowest BCUT2D eigenvalue weighted by Crippen LogP contribution is -2.12. The number of rotatable bonds is 7. The lowest BCUT2D eigenvalue weighted by atomic mass is 10.2. The lowest BCUT2D eigenvalue weighted by Gasteiger charge is -2.08. The summed E-state index contributed by atoms with van der Waals surface area (Å²) in [6.45, 7) is 2.51. The fourth-order valence-electron chi connectivity index (χ4n) is 2.40. The number of ether oxygens (including phenoxy) is 3. The zero-order valence-electron chi connectivity index (χ0n) is 15.2. The van der Waals surface area contributed by atoms with Crippen molar-refractivity contribution in [3.8, 4) is 28.7 Å². The maximum Gasteiger partial charge on any atom is 0.322 e. The van der Waals surface area contributed by atoms with Crippen molar-refractivity contribution < 1.29 is 23.4 Å². The first-order valence-corrected chi connectivity index (χ1v) is 8.24. The van der Waals surface area contributed by atoms with E-state index in [-0.39, 0.29) is 6.01 Å². The summed E-state index contributed by atoms with van der Waals surface area (Å²) in [5.74, 6) is 1.62. The van der Waals surface area contributed by atoms with Gasteiger partial charge < -0.3 is 18.6 Å². The summed E-state index contributed by atoms with van der Waals surface area (Å²) in [7, 11) is 3.03. The molecule has 27 heavy (non-hydrogen) atoms. The van der Waals surface area contributed by atoms with Gasteiger partial charge in [0.25, 0.3) is 5.91 Å². The van der Waals surface area contributed by atoms with Gasteiger partial charge >= 0.3 is 6.01 Å². The number of nitrogens with one attached hydrogen (secondary N) is 1. The molecule has 1 amide bonds. The minimum atomic E-state index is -0.405. The van der Waals surface area contributed by atoms with Gasteiger partial charge in [-0.1, -0.05) is 5.10 Å². The number of aromatic nitrogens is 2. The molecule has 0 unspecified atom stereocenters. The van der Waals surface area contributed by atoms with Crippen molar-refractivity contribution in [2.75, 3.05) is 26.1 Å². The molecule has 8 nitrogen and oxygen atoms in total. The van der Waals surface area contributed by atoms with Gasteiger partial charge in [0.2, 0.25) is 5.89 Å². The van der Waals surface area contributed by atoms with E-state index in [1.807, 2.05) is 19.1 Å². The average molecular weight is 369 g/mol. The van der Waals surface area contributed by atoms with Crippen molar-refractivity contribution in [2.24, 2.45) is 0 Å². The van der Waals surface area contributed by atoms with Crippen LogP contribution in [0.15, 0.2) is 46.9 Å². The van der Waals surface area contributed by atoms with Crippen LogP contribution < -0.4 is 19.5 Å². The van der Waals surface area contributed by atoms with E-state index in [1.165, 1.54) is 14.2 Å². The molecule has 0 aliphatic heterocycles. The summed E-state index contributed by atoms with van der Waals surface area (Å²) in [4.78, 5) is 12.4. The monoisotopic (exact) mass is 369 g/mol. The van der Waals surface area contributed by atoms with Gasteiger partial charge in [-0.15, -0.1) is 5.10 Å². The zero-order valence-corrected chi connectivity index (χ0v) is 15.2. The highest BCUT2D eigenvalue weighted by Gasteiger charge is 2.15. The maximum absolute atomic E-state index is 12.4. The third kappa shape index (κ3) is 4.17. The Morgan fingerprint density at radius 3 is 2.44 bits per heavy atom. The molecule has 0 aliphatic rings. The number of carbonyl (C=O) groups is 1. The molecular formula is C19H19N3O5. The number of benzene rings is 2. The van der Waals surface area contributed by atoms with Crippen LogP contribution in [0.4, 0.5) is 6.01 Å². The van der Waals surface area contributed by atoms with Crippen LogP contribution in [0, 0.1) is 0 Å². The van der Waals surface area contributed by atoms with E-state index in [1.54, 1.807) is 30.3 Å². The molecule has 1 heterocycles. The number of anilines is 1. The van der Waals surface area contributed by atoms with Crippen molar-refractivity contribution in [3.63, 3.8) is 0 Å². The highest BCUT2D eigenvalue weighted by Crippen LogP contribution is 2.28. The number of nitrogens with zero attached hydrogens (tertiary/aromatic N) is 2. The van der Waals surface area contributed by atoms with Crippen LogP contribution in [-0.4, -0.2) is 36.9 Å². The Bertz CT molecular complexity index is 921. The number of hydrogen-bond acceptors (Lipinski definition) is 7. The van der Waals surface area contributed by atoms with E-state index < -0.39 is 5.91 Å². The first kappa shape index (κ1) is 18.2. The second-order valence-corrected chi connectivity index (χ2v) is 5.39. The summed E-state index contributed by atoms with van der Waals surface area (Å²) < 4.78 is 21.3. The van der Waals surface area contributed by atoms with E-state index >= 15 is 0 Å². The summed E-state index contributed by atoms with van der Waals surface area (Å²) in [6.07, 6.45) is 0. The molecule has 1 N–H and O–H groups in total. The van der Waals surface area contributed by atoms with Crippen LogP contribution in [0.25, 0.3) is 11.5 Å². The van der Waals surface area contributed by atoms with Crippen molar-refractivity contribution in [2.45, 2.75) is 6.92 Å². The van der Waals surface area contributed by atoms with E-state index in [9.17, 15) is 4.79 Å². The molecule has 0 spiro atoms. The molecule has 140 valence electrons. The number of carbonyl (C=O) groups excluding carboxylic acids is 1. The molecule has 0 saturated heterocycles. The highest BCUT2D eigenvalue weighted by molar-refractivity contribution is 6.03. The Balaban J connectivity index is 1.72. The maximum atomic E-state index is 12.4. The number of amides is 1. The van der Waals surface area contributed by atoms with Gasteiger partial charge in [0.15, 0.2) is 11.5 Å². The molecule has 3 aromatic rings. The Morgan fingerprint density at radius 2 is 1.78 bits per heavy atom. The van der Waals surface area contributed by atoms with Crippen LogP contribution >= 0.6 is 0 Å². The normalized spacial score (nSPS) is 10.3. The Morgan fingerprint density at radius 1 is 1.04 bits per heavy atom. The smallest absolute Gasteiger partial charge is 0.322 e. The lowest BCUT2D eigenvalue weighted by molar-refractivity contribution is 0.102. The first-order valence-electron chi connectivity index (χ1n) is 8.24.